The van der Waals surface area contributed by atoms with Crippen molar-refractivity contribution in [3.05, 3.63) is 94.6 Å². The highest BCUT2D eigenvalue weighted by molar-refractivity contribution is 5.73. The van der Waals surface area contributed by atoms with Crippen LogP contribution in [-0.4, -0.2) is 35.0 Å². The number of allylic oxidation sites excluding steroid dienone is 2. The van der Waals surface area contributed by atoms with Gasteiger partial charge in [0.1, 0.15) is 5.82 Å². The molecule has 3 atom stereocenters. The Kier molecular flexibility index (Phi) is 6.43. The first-order chi connectivity index (χ1) is 17.0. The van der Waals surface area contributed by atoms with E-state index in [1.54, 1.807) is 19.2 Å². The minimum Gasteiger partial charge on any atom is -0.329 e. The lowest BCUT2D eigenvalue weighted by Crippen LogP contribution is -2.39. The summed E-state index contributed by atoms with van der Waals surface area (Å²) in [7, 11) is 3.09. The second-order valence-electron chi connectivity index (χ2n) is 9.46. The van der Waals surface area contributed by atoms with E-state index in [2.05, 4.69) is 29.5 Å². The molecule has 5 rings (SSSR count). The molecule has 6 nitrogen and oxygen atoms in total. The number of hydrogen-bond donors (Lipinski definition) is 1. The minimum absolute atomic E-state index is 0.117. The normalized spacial score (nSPS) is 19.8. The molecule has 3 aromatic rings. The highest BCUT2D eigenvalue weighted by Crippen LogP contribution is 2.49. The van der Waals surface area contributed by atoms with Gasteiger partial charge in [-0.1, -0.05) is 48.4 Å². The number of amides is 2. The standard InChI is InChI=1S/C28H31FN4O2/c1-18-24-17-30-33(23-13-11-22(29)12-14-23)26(24)16-21-10-9-20(27(18)21)15-25(19-7-5-4-6-8-19)31-28(34)32(2)35-3/h4-8,11-14,17-18,20,25H,9-10,15-16H2,1-3H3,(H,31,34)/t18-,20+,25?/m0/s1. The Morgan fingerprint density at radius 1 is 1.23 bits per heavy atom. The third-order valence-electron chi connectivity index (χ3n) is 7.51. The predicted molar refractivity (Wildman–Crippen MR) is 132 cm³/mol. The van der Waals surface area contributed by atoms with Crippen LogP contribution in [0.25, 0.3) is 5.69 Å². The van der Waals surface area contributed by atoms with E-state index >= 15 is 0 Å². The fraction of sp³-hybridized carbons (Fsp3) is 0.357. The zero-order valence-corrected chi connectivity index (χ0v) is 20.4. The summed E-state index contributed by atoms with van der Waals surface area (Å²) < 4.78 is 15.4. The van der Waals surface area contributed by atoms with Crippen molar-refractivity contribution in [2.75, 3.05) is 14.2 Å². The van der Waals surface area contributed by atoms with Crippen molar-refractivity contribution in [3.63, 3.8) is 0 Å². The molecule has 2 amide bonds. The number of carbonyl (C=O) groups excluding carboxylic acids is 1. The van der Waals surface area contributed by atoms with Crippen molar-refractivity contribution in [1.82, 2.24) is 20.2 Å². The summed E-state index contributed by atoms with van der Waals surface area (Å²) in [6, 6.07) is 16.3. The first-order valence-corrected chi connectivity index (χ1v) is 12.1. The number of hydrogen-bond acceptors (Lipinski definition) is 3. The zero-order chi connectivity index (χ0) is 24.5. The quantitative estimate of drug-likeness (QED) is 0.368. The number of benzene rings is 2. The lowest BCUT2D eigenvalue weighted by molar-refractivity contribution is -0.0657. The zero-order valence-electron chi connectivity index (χ0n) is 20.4. The molecule has 1 N–H and O–H groups in total. The van der Waals surface area contributed by atoms with E-state index in [9.17, 15) is 9.18 Å². The Balaban J connectivity index is 1.41. The molecule has 1 unspecified atom stereocenters. The summed E-state index contributed by atoms with van der Waals surface area (Å²) in [6.07, 6.45) is 5.77. The van der Waals surface area contributed by atoms with Crippen LogP contribution in [0.15, 0.2) is 71.9 Å². The summed E-state index contributed by atoms with van der Waals surface area (Å²) in [5.41, 5.74) is 7.37. The van der Waals surface area contributed by atoms with Gasteiger partial charge in [-0.25, -0.2) is 18.9 Å². The van der Waals surface area contributed by atoms with Crippen LogP contribution in [0, 0.1) is 11.7 Å². The summed E-state index contributed by atoms with van der Waals surface area (Å²) >= 11 is 0. The van der Waals surface area contributed by atoms with Crippen LogP contribution in [0.4, 0.5) is 9.18 Å². The van der Waals surface area contributed by atoms with Gasteiger partial charge in [-0.2, -0.15) is 5.10 Å². The van der Waals surface area contributed by atoms with Crippen molar-refractivity contribution < 1.29 is 14.0 Å². The maximum atomic E-state index is 13.4. The SMILES string of the molecule is CON(C)C(=O)NC(C[C@H]1CCC2=C1[C@@H](C)c1cnn(-c3ccc(F)cc3)c1C2)c1ccccc1. The van der Waals surface area contributed by atoms with Crippen LogP contribution < -0.4 is 5.32 Å². The van der Waals surface area contributed by atoms with Gasteiger partial charge in [-0.05, 0) is 55.0 Å². The summed E-state index contributed by atoms with van der Waals surface area (Å²) in [5.74, 6) is 0.383. The van der Waals surface area contributed by atoms with Crippen LogP contribution in [0.5, 0.6) is 0 Å². The molecule has 1 aromatic heterocycles. The molecule has 0 saturated carbocycles. The van der Waals surface area contributed by atoms with E-state index in [1.807, 2.05) is 29.1 Å². The smallest absolute Gasteiger partial charge is 0.329 e. The van der Waals surface area contributed by atoms with Gasteiger partial charge in [0.05, 0.1) is 30.7 Å². The highest BCUT2D eigenvalue weighted by atomic mass is 19.1. The molecule has 1 heterocycles. The van der Waals surface area contributed by atoms with Crippen LogP contribution in [0.3, 0.4) is 0 Å². The van der Waals surface area contributed by atoms with Gasteiger partial charge < -0.3 is 5.32 Å². The van der Waals surface area contributed by atoms with Gasteiger partial charge in [0.2, 0.25) is 0 Å². The Morgan fingerprint density at radius 2 is 1.97 bits per heavy atom. The molecule has 2 aromatic carbocycles. The lowest BCUT2D eigenvalue weighted by Gasteiger charge is -2.30. The maximum absolute atomic E-state index is 13.4. The molecule has 0 aliphatic heterocycles. The predicted octanol–water partition coefficient (Wildman–Crippen LogP) is 5.71. The Hall–Kier alpha value is -3.45. The van der Waals surface area contributed by atoms with E-state index in [-0.39, 0.29) is 23.8 Å². The van der Waals surface area contributed by atoms with Gasteiger partial charge in [-0.15, -0.1) is 0 Å². The van der Waals surface area contributed by atoms with Crippen molar-refractivity contribution >= 4 is 6.03 Å². The van der Waals surface area contributed by atoms with Gasteiger partial charge in [0.15, 0.2) is 0 Å². The van der Waals surface area contributed by atoms with Gasteiger partial charge in [0, 0.05) is 24.9 Å². The van der Waals surface area contributed by atoms with Gasteiger partial charge in [-0.3, -0.25) is 4.84 Å². The first-order valence-electron chi connectivity index (χ1n) is 12.1. The number of halogens is 1. The maximum Gasteiger partial charge on any atom is 0.341 e. The molecule has 35 heavy (non-hydrogen) atoms. The molecule has 0 fully saturated rings. The van der Waals surface area contributed by atoms with Crippen LogP contribution in [0.1, 0.15) is 55.0 Å². The lowest BCUT2D eigenvalue weighted by atomic mass is 9.78. The second-order valence-corrected chi connectivity index (χ2v) is 9.46. The molecular weight excluding hydrogens is 443 g/mol. The number of rotatable bonds is 6. The molecule has 2 aliphatic rings. The van der Waals surface area contributed by atoms with Crippen molar-refractivity contribution in [2.24, 2.45) is 5.92 Å². The second kappa shape index (κ2) is 9.66. The average Bonchev–Trinajstić information content (AvgIpc) is 3.49. The van der Waals surface area contributed by atoms with E-state index in [1.165, 1.54) is 46.7 Å². The molecule has 2 aliphatic carbocycles. The van der Waals surface area contributed by atoms with E-state index in [0.29, 0.717) is 5.92 Å². The van der Waals surface area contributed by atoms with E-state index < -0.39 is 0 Å². The molecule has 0 radical (unpaired) electrons. The minimum atomic E-state index is -0.256. The molecule has 0 bridgehead atoms. The number of carbonyl (C=O) groups is 1. The Morgan fingerprint density at radius 3 is 2.69 bits per heavy atom. The third-order valence-corrected chi connectivity index (χ3v) is 7.51. The first kappa shape index (κ1) is 23.3. The molecule has 182 valence electrons. The van der Waals surface area contributed by atoms with Crippen LogP contribution in [0.2, 0.25) is 0 Å². The number of aromatic nitrogens is 2. The number of nitrogens with one attached hydrogen (secondary N) is 1. The number of hydroxylamine groups is 2. The largest absolute Gasteiger partial charge is 0.341 e. The van der Waals surface area contributed by atoms with Crippen molar-refractivity contribution in [3.8, 4) is 5.69 Å². The van der Waals surface area contributed by atoms with Gasteiger partial charge >= 0.3 is 6.03 Å². The highest BCUT2D eigenvalue weighted by Gasteiger charge is 2.37. The fourth-order valence-electron chi connectivity index (χ4n) is 5.70. The van der Waals surface area contributed by atoms with E-state index in [4.69, 9.17) is 4.84 Å². The van der Waals surface area contributed by atoms with Gasteiger partial charge in [0.25, 0.3) is 0 Å². The Bertz CT molecular complexity index is 1240. The summed E-state index contributed by atoms with van der Waals surface area (Å²) in [4.78, 5) is 17.7. The summed E-state index contributed by atoms with van der Waals surface area (Å²) in [5, 5.41) is 9.05. The molecule has 7 heteroatoms. The average molecular weight is 475 g/mol. The number of fused-ring (bicyclic) bond motifs is 1. The van der Waals surface area contributed by atoms with E-state index in [0.717, 1.165) is 36.9 Å². The topological polar surface area (TPSA) is 59.4 Å². The molecular formula is C28H31FN4O2. The fourth-order valence-corrected chi connectivity index (χ4v) is 5.70. The van der Waals surface area contributed by atoms with Crippen LogP contribution >= 0.6 is 0 Å². The number of urea groups is 1. The van der Waals surface area contributed by atoms with Crippen molar-refractivity contribution in [1.29, 1.82) is 0 Å². The molecule has 0 spiro atoms. The molecule has 0 saturated heterocycles. The monoisotopic (exact) mass is 474 g/mol. The van der Waals surface area contributed by atoms with Crippen molar-refractivity contribution in [2.45, 2.75) is 44.6 Å². The van der Waals surface area contributed by atoms with Crippen LogP contribution in [-0.2, 0) is 11.3 Å². The number of nitrogens with zero attached hydrogens (tertiary/aromatic N) is 3. The third kappa shape index (κ3) is 4.48. The Labute approximate surface area is 205 Å². The summed E-state index contributed by atoms with van der Waals surface area (Å²) in [6.45, 7) is 2.26.